The summed E-state index contributed by atoms with van der Waals surface area (Å²) in [6.07, 6.45) is 1.72. The lowest BCUT2D eigenvalue weighted by Gasteiger charge is -2.21. The van der Waals surface area contributed by atoms with Crippen LogP contribution in [0, 0.1) is 5.92 Å². The van der Waals surface area contributed by atoms with E-state index < -0.39 is 10.0 Å². The Kier molecular flexibility index (Phi) is 7.72. The Labute approximate surface area is 225 Å². The van der Waals surface area contributed by atoms with E-state index in [2.05, 4.69) is 11.0 Å². The lowest BCUT2D eigenvalue weighted by molar-refractivity contribution is -0.106. The summed E-state index contributed by atoms with van der Waals surface area (Å²) in [7, 11) is -3.60. The van der Waals surface area contributed by atoms with Gasteiger partial charge in [-0.25, -0.2) is 8.42 Å². The minimum absolute atomic E-state index is 0.0244. The molecular formula is C30H34N2O5S. The van der Waals surface area contributed by atoms with Crippen LogP contribution in [0.25, 0.3) is 0 Å². The number of ether oxygens (including phenoxy) is 2. The van der Waals surface area contributed by atoms with Crippen LogP contribution < -0.4 is 14.4 Å². The largest absolute Gasteiger partial charge is 0.491 e. The lowest BCUT2D eigenvalue weighted by Crippen LogP contribution is -2.31. The van der Waals surface area contributed by atoms with Gasteiger partial charge in [-0.1, -0.05) is 36.4 Å². The predicted octanol–water partition coefficient (Wildman–Crippen LogP) is 4.87. The summed E-state index contributed by atoms with van der Waals surface area (Å²) in [5.41, 5.74) is 3.23. The summed E-state index contributed by atoms with van der Waals surface area (Å²) in [4.78, 5) is 13.8. The maximum Gasteiger partial charge on any atom is 0.243 e. The third-order valence-corrected chi connectivity index (χ3v) is 9.17. The van der Waals surface area contributed by atoms with Crippen LogP contribution in [0.1, 0.15) is 37.3 Å². The highest BCUT2D eigenvalue weighted by molar-refractivity contribution is 7.89. The van der Waals surface area contributed by atoms with Crippen LogP contribution in [0.3, 0.4) is 0 Å². The van der Waals surface area contributed by atoms with E-state index in [9.17, 15) is 13.2 Å². The summed E-state index contributed by atoms with van der Waals surface area (Å²) >= 11 is 0. The summed E-state index contributed by atoms with van der Waals surface area (Å²) < 4.78 is 40.1. The fraction of sp³-hybridized carbons (Fsp3) is 0.367. The van der Waals surface area contributed by atoms with Gasteiger partial charge >= 0.3 is 0 Å². The second-order valence-electron chi connectivity index (χ2n) is 10.2. The van der Waals surface area contributed by atoms with E-state index in [1.54, 1.807) is 28.6 Å². The Bertz CT molecular complexity index is 1360. The Balaban J connectivity index is 1.30. The molecule has 2 aliphatic rings. The molecule has 0 radical (unpaired) electrons. The van der Waals surface area contributed by atoms with Gasteiger partial charge in [-0.15, -0.1) is 0 Å². The van der Waals surface area contributed by atoms with Crippen LogP contribution in [-0.4, -0.2) is 51.3 Å². The average molecular weight is 535 g/mol. The normalized spacial score (nSPS) is 19.5. The van der Waals surface area contributed by atoms with Crippen LogP contribution in [0.4, 0.5) is 5.69 Å². The zero-order valence-electron chi connectivity index (χ0n) is 21.8. The van der Waals surface area contributed by atoms with Crippen molar-refractivity contribution in [2.45, 2.75) is 43.8 Å². The van der Waals surface area contributed by atoms with E-state index in [1.807, 2.05) is 56.3 Å². The first-order valence-corrected chi connectivity index (χ1v) is 14.6. The number of fused-ring (bicyclic) bond motifs is 1. The van der Waals surface area contributed by atoms with E-state index in [4.69, 9.17) is 9.47 Å². The molecule has 38 heavy (non-hydrogen) atoms. The second kappa shape index (κ2) is 11.2. The van der Waals surface area contributed by atoms with Crippen molar-refractivity contribution in [3.63, 3.8) is 0 Å². The average Bonchev–Trinajstić information content (AvgIpc) is 3.54. The van der Waals surface area contributed by atoms with Crippen molar-refractivity contribution in [3.05, 3.63) is 83.9 Å². The Morgan fingerprint density at radius 1 is 0.974 bits per heavy atom. The molecule has 7 nitrogen and oxygen atoms in total. The van der Waals surface area contributed by atoms with Crippen molar-refractivity contribution < 1.29 is 22.7 Å². The van der Waals surface area contributed by atoms with Crippen molar-refractivity contribution in [2.24, 2.45) is 5.92 Å². The molecule has 5 rings (SSSR count). The smallest absolute Gasteiger partial charge is 0.243 e. The van der Waals surface area contributed by atoms with Gasteiger partial charge in [0, 0.05) is 37.3 Å². The number of carbonyl (C=O) groups is 1. The van der Waals surface area contributed by atoms with Gasteiger partial charge in [0.25, 0.3) is 0 Å². The number of rotatable bonds is 10. The van der Waals surface area contributed by atoms with Crippen LogP contribution in [-0.2, 0) is 21.4 Å². The summed E-state index contributed by atoms with van der Waals surface area (Å²) in [6, 6.07) is 22.7. The number of hydrogen-bond acceptors (Lipinski definition) is 6. The van der Waals surface area contributed by atoms with Gasteiger partial charge in [-0.2, -0.15) is 4.31 Å². The van der Waals surface area contributed by atoms with Crippen LogP contribution >= 0.6 is 0 Å². The Morgan fingerprint density at radius 3 is 2.42 bits per heavy atom. The van der Waals surface area contributed by atoms with E-state index in [0.717, 1.165) is 35.3 Å². The quantitative estimate of drug-likeness (QED) is 0.346. The number of hydrogen-bond donors (Lipinski definition) is 0. The molecule has 3 aromatic rings. The fourth-order valence-corrected chi connectivity index (χ4v) is 6.97. The minimum Gasteiger partial charge on any atom is -0.491 e. The molecule has 2 unspecified atom stereocenters. The molecule has 0 saturated carbocycles. The first kappa shape index (κ1) is 26.3. The van der Waals surface area contributed by atoms with E-state index >= 15 is 0 Å². The van der Waals surface area contributed by atoms with Gasteiger partial charge in [0.1, 0.15) is 24.4 Å². The molecule has 0 aliphatic carbocycles. The molecule has 0 N–H and O–H groups in total. The molecule has 2 atom stereocenters. The number of nitrogens with zero attached hydrogens (tertiary/aromatic N) is 2. The highest BCUT2D eigenvalue weighted by Crippen LogP contribution is 2.45. The summed E-state index contributed by atoms with van der Waals surface area (Å²) in [6.45, 7) is 6.26. The van der Waals surface area contributed by atoms with Crippen molar-refractivity contribution >= 4 is 22.0 Å². The molecule has 200 valence electrons. The molecule has 8 heteroatoms. The summed E-state index contributed by atoms with van der Waals surface area (Å²) in [5.74, 6) is 1.72. The van der Waals surface area contributed by atoms with Crippen LogP contribution in [0.5, 0.6) is 11.5 Å². The van der Waals surface area contributed by atoms with E-state index in [1.165, 1.54) is 0 Å². The third-order valence-electron chi connectivity index (χ3n) is 7.29. The predicted molar refractivity (Wildman–Crippen MR) is 147 cm³/mol. The topological polar surface area (TPSA) is 76.2 Å². The van der Waals surface area contributed by atoms with E-state index in [-0.39, 0.29) is 22.8 Å². The van der Waals surface area contributed by atoms with Crippen molar-refractivity contribution in [2.75, 3.05) is 31.1 Å². The van der Waals surface area contributed by atoms with Gasteiger partial charge in [0.15, 0.2) is 0 Å². The molecule has 2 heterocycles. The third kappa shape index (κ3) is 5.56. The summed E-state index contributed by atoms with van der Waals surface area (Å²) in [5, 5.41) is 0. The molecule has 3 aromatic carbocycles. The molecule has 1 saturated heterocycles. The van der Waals surface area contributed by atoms with Gasteiger partial charge in [0.2, 0.25) is 10.0 Å². The van der Waals surface area contributed by atoms with Crippen LogP contribution in [0.15, 0.2) is 77.7 Å². The van der Waals surface area contributed by atoms with Crippen LogP contribution in [0.2, 0.25) is 0 Å². The Hall–Kier alpha value is -3.36. The first-order chi connectivity index (χ1) is 18.3. The number of benzene rings is 3. The maximum absolute atomic E-state index is 13.4. The standard InChI is InChI=1S/C30H34N2O5S/c1-22(2)37-25-8-11-27(12-9-25)38(34,35)32-15-14-24(19-32)29-20-31(16-17-33)30-18-26(10-13-28(29)30)36-21-23-6-4-3-5-7-23/h3-13,17-18,22,24,29H,14-16,19-21H2,1-2H3. The molecule has 1 fully saturated rings. The zero-order valence-corrected chi connectivity index (χ0v) is 22.6. The molecule has 0 spiro atoms. The number of anilines is 1. The van der Waals surface area contributed by atoms with Gasteiger partial charge < -0.3 is 19.2 Å². The van der Waals surface area contributed by atoms with Gasteiger partial charge in [-0.05, 0) is 67.6 Å². The molecule has 0 bridgehead atoms. The number of aldehydes is 1. The number of sulfonamides is 1. The van der Waals surface area contributed by atoms with Gasteiger partial charge in [0.05, 0.1) is 17.5 Å². The SMILES string of the molecule is CC(C)Oc1ccc(S(=O)(=O)N2CCC(C3CN(CC=O)c4cc(OCc5ccccc5)ccc43)C2)cc1. The van der Waals surface area contributed by atoms with Crippen molar-refractivity contribution in [1.82, 2.24) is 4.31 Å². The van der Waals surface area contributed by atoms with Gasteiger partial charge in [-0.3, -0.25) is 0 Å². The second-order valence-corrected chi connectivity index (χ2v) is 12.2. The highest BCUT2D eigenvalue weighted by Gasteiger charge is 2.41. The maximum atomic E-state index is 13.4. The van der Waals surface area contributed by atoms with Crippen molar-refractivity contribution in [1.29, 1.82) is 0 Å². The molecule has 2 aliphatic heterocycles. The first-order valence-electron chi connectivity index (χ1n) is 13.1. The Morgan fingerprint density at radius 2 is 1.71 bits per heavy atom. The molecular weight excluding hydrogens is 500 g/mol. The fourth-order valence-electron chi connectivity index (χ4n) is 5.45. The lowest BCUT2D eigenvalue weighted by atomic mass is 9.87. The van der Waals surface area contributed by atoms with Crippen molar-refractivity contribution in [3.8, 4) is 11.5 Å². The minimum atomic E-state index is -3.60. The zero-order chi connectivity index (χ0) is 26.7. The molecule has 0 aromatic heterocycles. The van der Waals surface area contributed by atoms with E-state index in [0.29, 0.717) is 38.5 Å². The highest BCUT2D eigenvalue weighted by atomic mass is 32.2. The number of carbonyl (C=O) groups excluding carboxylic acids is 1. The monoisotopic (exact) mass is 534 g/mol. The molecule has 0 amide bonds.